The molecule has 8 aromatic rings. The number of aryl methyl sites for hydroxylation is 6. The van der Waals surface area contributed by atoms with Gasteiger partial charge < -0.3 is 30.5 Å². The van der Waals surface area contributed by atoms with Crippen molar-refractivity contribution in [1.29, 1.82) is 0 Å². The smallest absolute Gasteiger partial charge is 0.307 e. The Labute approximate surface area is 582 Å². The minimum absolute atomic E-state index is 0.00852. The summed E-state index contributed by atoms with van der Waals surface area (Å²) in [6, 6.07) is 59.0. The van der Waals surface area contributed by atoms with E-state index in [0.717, 1.165) is 103 Å². The number of allylic oxidation sites excluding steroid dienone is 4. The van der Waals surface area contributed by atoms with Gasteiger partial charge in [-0.2, -0.15) is 0 Å². The Kier molecular flexibility index (Phi) is 28.0. The van der Waals surface area contributed by atoms with Gasteiger partial charge in [-0.1, -0.05) is 176 Å². The summed E-state index contributed by atoms with van der Waals surface area (Å²) in [4.78, 5) is 91.0. The van der Waals surface area contributed by atoms with Crippen LogP contribution in [0.1, 0.15) is 156 Å². The molecule has 0 saturated carbocycles. The lowest BCUT2D eigenvalue weighted by molar-refractivity contribution is -0.138. The maximum absolute atomic E-state index is 13.7. The number of aliphatic hydroxyl groups is 1. The molecule has 10 rings (SSSR count). The SMILES string of the molecule is CCc1cc(C)cc(CC)c1C1=C(OC(C)=O)CC(CCO)CC1=O.CCc1cc(C)cc(CC)c1C1=C(OC(C)=O)CC(CCSc2ccccc2NC(=O)c2ccccc2)CC1=O.O=C(Nc1ccccc1SSc1ccccc1NC(=O)c1ccccc1)c1ccccc1. The van der Waals surface area contributed by atoms with Crippen molar-refractivity contribution in [3.8, 4) is 0 Å². The third kappa shape index (κ3) is 20.7. The van der Waals surface area contributed by atoms with Crippen LogP contribution in [-0.2, 0) is 54.3 Å². The number of esters is 2. The number of anilines is 3. The van der Waals surface area contributed by atoms with Gasteiger partial charge in [-0.15, -0.1) is 11.8 Å². The summed E-state index contributed by atoms with van der Waals surface area (Å²) in [6.45, 7) is 15.3. The van der Waals surface area contributed by atoms with Crippen LogP contribution in [0.2, 0.25) is 0 Å². The van der Waals surface area contributed by atoms with Crippen molar-refractivity contribution in [3.63, 3.8) is 0 Å². The zero-order valence-corrected chi connectivity index (χ0v) is 58.8. The Morgan fingerprint density at radius 3 is 1.07 bits per heavy atom. The van der Waals surface area contributed by atoms with Crippen molar-refractivity contribution in [1.82, 2.24) is 0 Å². The lowest BCUT2D eigenvalue weighted by Gasteiger charge is -2.28. The predicted molar refractivity (Wildman–Crippen MR) is 394 cm³/mol. The summed E-state index contributed by atoms with van der Waals surface area (Å²) < 4.78 is 11.2. The Hall–Kier alpha value is -9.06. The minimum atomic E-state index is -0.409. The number of ketones is 2. The molecule has 8 aromatic carbocycles. The van der Waals surface area contributed by atoms with E-state index in [0.29, 0.717) is 71.5 Å². The van der Waals surface area contributed by atoms with Gasteiger partial charge in [0.15, 0.2) is 11.6 Å². The number of hydrogen-bond donors (Lipinski definition) is 4. The Morgan fingerprint density at radius 2 is 0.742 bits per heavy atom. The fraction of sp³-hybridized carbons (Fsp3) is 0.272. The normalized spacial score (nSPS) is 14.3. The van der Waals surface area contributed by atoms with E-state index < -0.39 is 11.9 Å². The maximum Gasteiger partial charge on any atom is 0.307 e. The van der Waals surface area contributed by atoms with Gasteiger partial charge in [-0.3, -0.25) is 33.6 Å². The number of rotatable bonds is 23. The fourth-order valence-electron chi connectivity index (χ4n) is 12.0. The van der Waals surface area contributed by atoms with Crippen molar-refractivity contribution in [2.24, 2.45) is 11.8 Å². The molecule has 2 unspecified atom stereocenters. The molecule has 0 fully saturated rings. The van der Waals surface area contributed by atoms with Crippen LogP contribution in [0.4, 0.5) is 17.1 Å². The number of nitrogens with one attached hydrogen (secondary N) is 3. The highest BCUT2D eigenvalue weighted by molar-refractivity contribution is 8.76. The first kappa shape index (κ1) is 73.7. The lowest BCUT2D eigenvalue weighted by atomic mass is 9.79. The summed E-state index contributed by atoms with van der Waals surface area (Å²) in [6.07, 6.45) is 6.43. The quantitative estimate of drug-likeness (QED) is 0.0269. The summed E-state index contributed by atoms with van der Waals surface area (Å²) in [5, 5.41) is 18.2. The van der Waals surface area contributed by atoms with Crippen LogP contribution in [0, 0.1) is 25.7 Å². The maximum atomic E-state index is 13.7. The van der Waals surface area contributed by atoms with Gasteiger partial charge in [0.05, 0.1) is 28.2 Å². The van der Waals surface area contributed by atoms with Crippen LogP contribution in [0.5, 0.6) is 0 Å². The largest absolute Gasteiger partial charge is 0.430 e. The third-order valence-electron chi connectivity index (χ3n) is 16.5. The molecule has 2 aliphatic carbocycles. The van der Waals surface area contributed by atoms with Gasteiger partial charge in [0, 0.05) is 77.5 Å². The standard InChI is InChI=1S/C34H37NO4S.C26H20N2O2S2.C21H28O4/c1-5-25-18-22(3)19-26(6-2)32(25)33-29(37)20-24(21-30(33)39-23(4)36)16-17-40-31-15-11-10-14-28(31)35-34(38)27-12-8-7-9-13-27;29-25(19-11-3-1-4-12-19)27-21-15-7-9-17-23(21)31-32-24-18-10-8-16-22(24)28-26(30)20-13-5-2-6-14-20;1-5-16-9-13(3)10-17(6-2)20(16)21-18(24)11-15(7-8-22)12-19(21)25-14(4)23/h7-15,18-19,24H,5-6,16-17,20-21H2,1-4H3,(H,35,38);1-18H,(H,27,29)(H,28,30);9-10,15,22H,5-8,11-12H2,1-4H3. The number of benzene rings is 8. The Bertz CT molecular complexity index is 4020. The first-order valence-corrected chi connectivity index (χ1v) is 36.1. The van der Waals surface area contributed by atoms with E-state index in [2.05, 4.69) is 81.8 Å². The molecule has 0 heterocycles. The van der Waals surface area contributed by atoms with Crippen molar-refractivity contribution in [2.75, 3.05) is 28.3 Å². The van der Waals surface area contributed by atoms with Crippen LogP contribution in [0.15, 0.2) is 214 Å². The zero-order valence-electron chi connectivity index (χ0n) is 56.4. The van der Waals surface area contributed by atoms with Gasteiger partial charge >= 0.3 is 11.9 Å². The van der Waals surface area contributed by atoms with Gasteiger partial charge in [0.25, 0.3) is 17.7 Å². The summed E-state index contributed by atoms with van der Waals surface area (Å²) >= 11 is 1.66. The highest BCUT2D eigenvalue weighted by Gasteiger charge is 2.34. The van der Waals surface area contributed by atoms with E-state index in [1.165, 1.54) is 46.6 Å². The zero-order chi connectivity index (χ0) is 69.4. The summed E-state index contributed by atoms with van der Waals surface area (Å²) in [5.41, 5.74) is 13.9. The van der Waals surface area contributed by atoms with Gasteiger partial charge in [0.2, 0.25) is 0 Å². The molecule has 0 aromatic heterocycles. The number of thioether (sulfide) groups is 1. The molecule has 4 N–H and O–H groups in total. The van der Waals surface area contributed by atoms with Gasteiger partial charge in [0.1, 0.15) is 11.5 Å². The van der Waals surface area contributed by atoms with Crippen molar-refractivity contribution < 1.29 is 48.1 Å². The van der Waals surface area contributed by atoms with Crippen LogP contribution < -0.4 is 16.0 Å². The molecule has 97 heavy (non-hydrogen) atoms. The van der Waals surface area contributed by atoms with Crippen molar-refractivity contribution in [3.05, 3.63) is 261 Å². The highest BCUT2D eigenvalue weighted by atomic mass is 33.1. The van der Waals surface area contributed by atoms with Gasteiger partial charge in [-0.05, 0) is 176 Å². The number of carbonyl (C=O) groups excluding carboxylic acids is 7. The molecule has 0 saturated heterocycles. The molecule has 0 radical (unpaired) electrons. The fourth-order valence-corrected chi connectivity index (χ4v) is 15.4. The van der Waals surface area contributed by atoms with E-state index >= 15 is 0 Å². The second-order valence-corrected chi connectivity index (χ2v) is 27.1. The molecule has 2 aliphatic rings. The monoisotopic (exact) mass is 1360 g/mol. The Balaban J connectivity index is 0.000000191. The number of aliphatic hydroxyl groups excluding tert-OH is 1. The van der Waals surface area contributed by atoms with E-state index in [1.54, 1.807) is 48.2 Å². The second-order valence-electron chi connectivity index (χ2n) is 23.8. The molecular formula is C81H85N3O10S3. The first-order valence-electron chi connectivity index (χ1n) is 33.0. The molecule has 0 aliphatic heterocycles. The number of amides is 3. The topological polar surface area (TPSA) is 194 Å². The minimum Gasteiger partial charge on any atom is -0.430 e. The van der Waals surface area contributed by atoms with Gasteiger partial charge in [-0.25, -0.2) is 0 Å². The van der Waals surface area contributed by atoms with Crippen LogP contribution >= 0.6 is 33.3 Å². The highest BCUT2D eigenvalue weighted by Crippen LogP contribution is 2.45. The average Bonchev–Trinajstić information content (AvgIpc) is 0.781. The lowest BCUT2D eigenvalue weighted by Crippen LogP contribution is -2.23. The predicted octanol–water partition coefficient (Wildman–Crippen LogP) is 18.6. The molecule has 13 nitrogen and oxygen atoms in total. The number of hydrogen-bond acceptors (Lipinski definition) is 13. The average molecular weight is 1360 g/mol. The van der Waals surface area contributed by atoms with E-state index in [4.69, 9.17) is 9.47 Å². The molecule has 16 heteroatoms. The number of ether oxygens (including phenoxy) is 2. The Morgan fingerprint density at radius 1 is 0.433 bits per heavy atom. The number of carbonyl (C=O) groups is 7. The van der Waals surface area contributed by atoms with Crippen molar-refractivity contribution >= 4 is 103 Å². The molecule has 0 bridgehead atoms. The molecule has 3 amide bonds. The van der Waals surface area contributed by atoms with Crippen LogP contribution in [0.3, 0.4) is 0 Å². The summed E-state index contributed by atoms with van der Waals surface area (Å²) in [7, 11) is 3.05. The van der Waals surface area contributed by atoms with Crippen molar-refractivity contribution in [2.45, 2.75) is 134 Å². The van der Waals surface area contributed by atoms with Crippen LogP contribution in [-0.4, -0.2) is 58.7 Å². The molecule has 0 spiro atoms. The van der Waals surface area contributed by atoms with E-state index in [1.807, 2.05) is 127 Å². The van der Waals surface area contributed by atoms with E-state index in [9.17, 15) is 38.7 Å². The third-order valence-corrected chi connectivity index (χ3v) is 20.1. The van der Waals surface area contributed by atoms with E-state index in [-0.39, 0.29) is 47.7 Å². The molecular weight excluding hydrogens is 1270 g/mol. The summed E-state index contributed by atoms with van der Waals surface area (Å²) in [5.74, 6) is 0.621. The molecule has 2 atom stereocenters. The number of Topliss-reactive ketones (excluding diaryl/α,β-unsaturated/α-hetero) is 2. The second kappa shape index (κ2) is 36.9. The molecule has 502 valence electrons. The van der Waals surface area contributed by atoms with Crippen LogP contribution in [0.25, 0.3) is 11.1 Å². The number of para-hydroxylation sites is 3. The first-order chi connectivity index (χ1) is 46.9.